The number of carbonyl (C=O) groups excluding carboxylic acids is 3. The van der Waals surface area contributed by atoms with Gasteiger partial charge in [0.1, 0.15) is 29.5 Å². The molecule has 0 saturated carbocycles. The first-order chi connectivity index (χ1) is 18.4. The van der Waals surface area contributed by atoms with E-state index in [2.05, 4.69) is 0 Å². The van der Waals surface area contributed by atoms with E-state index in [4.69, 9.17) is 19.9 Å². The van der Waals surface area contributed by atoms with Crippen molar-refractivity contribution in [1.82, 2.24) is 0 Å². The molecule has 13 nitrogen and oxygen atoms in total. The van der Waals surface area contributed by atoms with E-state index in [-0.39, 0.29) is 81.9 Å². The molecule has 2 aromatic rings. The number of Topliss-reactive ketones (excluding diaryl/α,β-unsaturated/α-hetero) is 1. The monoisotopic (exact) mass is 619 g/mol. The molecule has 0 aromatic heterocycles. The van der Waals surface area contributed by atoms with Crippen LogP contribution in [0.2, 0.25) is 0 Å². The summed E-state index contributed by atoms with van der Waals surface area (Å²) in [5.74, 6) is -3.77. The van der Waals surface area contributed by atoms with Crippen LogP contribution in [0, 0.1) is 0 Å². The van der Waals surface area contributed by atoms with Crippen LogP contribution < -0.4 is 40.0 Å². The Balaban J connectivity index is 0.00000205. The Labute approximate surface area is 268 Å². The van der Waals surface area contributed by atoms with Gasteiger partial charge < -0.3 is 51.0 Å². The summed E-state index contributed by atoms with van der Waals surface area (Å²) in [6.07, 6.45) is -5.12. The molecule has 1 fully saturated rings. The van der Waals surface area contributed by atoms with Gasteiger partial charge in [-0.3, -0.25) is 14.4 Å². The van der Waals surface area contributed by atoms with Crippen LogP contribution in [0.5, 0.6) is 17.2 Å². The molecule has 224 valence electrons. The second kappa shape index (κ2) is 13.2. The van der Waals surface area contributed by atoms with Gasteiger partial charge >= 0.3 is 29.6 Å². The molecule has 6 atom stereocenters. The van der Waals surface area contributed by atoms with Crippen LogP contribution in [-0.4, -0.2) is 92.2 Å². The molecule has 0 bridgehead atoms. The molecule has 3 aliphatic rings. The van der Waals surface area contributed by atoms with Gasteiger partial charge in [0.2, 0.25) is 5.78 Å². The maximum absolute atomic E-state index is 13.6. The number of nitrogens with two attached hydrogens (primary N) is 1. The third-order valence-corrected chi connectivity index (χ3v) is 7.81. The molecule has 42 heavy (non-hydrogen) atoms. The number of phenolic OH excluding ortho intramolecular Hbond substituents is 2. The predicted octanol–water partition coefficient (Wildman–Crippen LogP) is -2.75. The molecule has 15 heteroatoms. The fraction of sp³-hybridized carbons (Fsp3) is 0.444. The third-order valence-electron chi connectivity index (χ3n) is 7.81. The van der Waals surface area contributed by atoms with Gasteiger partial charge in [-0.15, -0.1) is 12.4 Å². The van der Waals surface area contributed by atoms with Crippen molar-refractivity contribution in [1.29, 1.82) is 0 Å². The van der Waals surface area contributed by atoms with E-state index in [1.165, 1.54) is 25.3 Å². The molecule has 0 amide bonds. The maximum atomic E-state index is 13.6. The van der Waals surface area contributed by atoms with Crippen molar-refractivity contribution < 1.29 is 89.2 Å². The van der Waals surface area contributed by atoms with Crippen molar-refractivity contribution in [2.45, 2.75) is 62.4 Å². The molecule has 2 aromatic carbocycles. The molecule has 0 radical (unpaired) electrons. The first kappa shape index (κ1) is 36.1. The Morgan fingerprint density at radius 1 is 1.14 bits per heavy atom. The Kier molecular flexibility index (Phi) is 11.4. The van der Waals surface area contributed by atoms with Crippen molar-refractivity contribution in [3.63, 3.8) is 0 Å². The summed E-state index contributed by atoms with van der Waals surface area (Å²) in [7, 11) is 1.32. The largest absolute Gasteiger partial charge is 1.00 e. The van der Waals surface area contributed by atoms with Crippen LogP contribution in [0.15, 0.2) is 18.2 Å². The molecular formula is C27H31ClNNaO12. The first-order valence-corrected chi connectivity index (χ1v) is 12.4. The van der Waals surface area contributed by atoms with Crippen LogP contribution in [-0.2, 0) is 20.7 Å². The molecule has 5 rings (SSSR count). The molecule has 8 N–H and O–H groups in total. The van der Waals surface area contributed by atoms with Crippen molar-refractivity contribution in [3.05, 3.63) is 51.6 Å². The van der Waals surface area contributed by atoms with Gasteiger partial charge in [0.25, 0.3) is 0 Å². The van der Waals surface area contributed by atoms with Gasteiger partial charge in [0, 0.05) is 42.0 Å². The molecule has 0 spiro atoms. The number of halogens is 1. The van der Waals surface area contributed by atoms with E-state index in [1.807, 2.05) is 0 Å². The molecule has 4 unspecified atom stereocenters. The number of hydrogen-bond acceptors (Lipinski definition) is 13. The molecule has 1 heterocycles. The number of methoxy groups -OCH3 is 1. The van der Waals surface area contributed by atoms with E-state index in [1.54, 1.807) is 6.92 Å². The number of aliphatic hydroxyl groups is 3. The minimum atomic E-state index is -2.24. The van der Waals surface area contributed by atoms with Crippen LogP contribution >= 0.6 is 12.4 Å². The van der Waals surface area contributed by atoms with E-state index >= 15 is 0 Å². The van der Waals surface area contributed by atoms with E-state index in [0.717, 1.165) is 0 Å². The normalized spacial score (nSPS) is 27.7. The van der Waals surface area contributed by atoms with Gasteiger partial charge in [-0.25, -0.2) is 0 Å². The topological polar surface area (TPSA) is 236 Å². The number of aliphatic hydroxyl groups excluding tert-OH is 2. The SMILES string of the molecule is COc1cccc2c1C(=O)c1c(O)c3c(c(O)c1C2=O)C[C@@](O)(C(=O)CO)C[C@@H]3OC1CC(N)C(O)C(C)O1.Cl.[Na+].[OH-]. The summed E-state index contributed by atoms with van der Waals surface area (Å²) < 4.78 is 17.0. The summed E-state index contributed by atoms with van der Waals surface area (Å²) >= 11 is 0. The Morgan fingerprint density at radius 2 is 1.79 bits per heavy atom. The average Bonchev–Trinajstić information content (AvgIpc) is 2.90. The Hall–Kier alpha value is -2.14. The number of fused-ring (bicyclic) bond motifs is 3. The van der Waals surface area contributed by atoms with E-state index in [9.17, 15) is 39.9 Å². The van der Waals surface area contributed by atoms with E-state index in [0.29, 0.717) is 0 Å². The number of ketones is 3. The molecule has 1 aliphatic heterocycles. The fourth-order valence-corrected chi connectivity index (χ4v) is 5.75. The third kappa shape index (κ3) is 5.60. The zero-order valence-corrected chi connectivity index (χ0v) is 25.9. The summed E-state index contributed by atoms with van der Waals surface area (Å²) in [6.45, 7) is 0.560. The number of rotatable bonds is 5. The zero-order valence-electron chi connectivity index (χ0n) is 23.1. The van der Waals surface area contributed by atoms with Crippen molar-refractivity contribution in [2.75, 3.05) is 13.7 Å². The zero-order chi connectivity index (χ0) is 28.4. The number of carbonyl (C=O) groups is 3. The van der Waals surface area contributed by atoms with Crippen LogP contribution in [0.3, 0.4) is 0 Å². The van der Waals surface area contributed by atoms with Crippen molar-refractivity contribution >= 4 is 29.8 Å². The van der Waals surface area contributed by atoms with Crippen LogP contribution in [0.1, 0.15) is 68.8 Å². The number of aromatic hydroxyl groups is 2. The van der Waals surface area contributed by atoms with Crippen molar-refractivity contribution in [3.8, 4) is 17.2 Å². The average molecular weight is 620 g/mol. The Bertz CT molecular complexity index is 1390. The standard InChI is InChI=1S/C27H29NO11.ClH.Na.H2O/c1-10-22(31)13(28)6-17(38-10)39-15-8-27(36,16(30)9-29)7-12-19(15)26(35)21-20(24(12)33)23(32)11-4-3-5-14(37-2)18(11)25(21)34;;;/h3-5,10,13,15,17,22,29,31,33,35-36H,6-9,28H2,1-2H3;1H;;1H2/q;;+1;/p-1/t10?,13?,15-,17?,22?,27-;;;/m0.../s1. The molecular weight excluding hydrogens is 589 g/mol. The van der Waals surface area contributed by atoms with Gasteiger partial charge in [-0.2, -0.15) is 0 Å². The second-order valence-electron chi connectivity index (χ2n) is 10.2. The van der Waals surface area contributed by atoms with Gasteiger partial charge in [-0.05, 0) is 13.0 Å². The first-order valence-electron chi connectivity index (χ1n) is 12.4. The number of hydrogen-bond donors (Lipinski definition) is 6. The van der Waals surface area contributed by atoms with Gasteiger partial charge in [-0.1, -0.05) is 12.1 Å². The summed E-state index contributed by atoms with van der Waals surface area (Å²) in [4.78, 5) is 39.7. The number of ether oxygens (including phenoxy) is 3. The summed E-state index contributed by atoms with van der Waals surface area (Å²) in [5.41, 5.74) is 2.37. The molecule has 1 saturated heterocycles. The van der Waals surface area contributed by atoms with Gasteiger partial charge in [0.05, 0.1) is 42.1 Å². The van der Waals surface area contributed by atoms with Crippen LogP contribution in [0.25, 0.3) is 0 Å². The molecule has 2 aliphatic carbocycles. The summed E-state index contributed by atoms with van der Waals surface area (Å²) in [6, 6.07) is 3.64. The minimum absolute atomic E-state index is 0. The predicted molar refractivity (Wildman–Crippen MR) is 141 cm³/mol. The quantitative estimate of drug-likeness (QED) is 0.126. The van der Waals surface area contributed by atoms with E-state index < -0.39 is 95.7 Å². The van der Waals surface area contributed by atoms with Crippen LogP contribution in [0.4, 0.5) is 0 Å². The smallest absolute Gasteiger partial charge is 0.870 e. The Morgan fingerprint density at radius 3 is 2.38 bits per heavy atom. The maximum Gasteiger partial charge on any atom is 1.00 e. The summed E-state index contributed by atoms with van der Waals surface area (Å²) in [5, 5.41) is 53.7. The van der Waals surface area contributed by atoms with Crippen molar-refractivity contribution in [2.24, 2.45) is 5.73 Å². The fourth-order valence-electron chi connectivity index (χ4n) is 5.75. The number of phenols is 2. The minimum Gasteiger partial charge on any atom is -0.870 e. The number of benzene rings is 2. The second-order valence-corrected chi connectivity index (χ2v) is 10.2. The van der Waals surface area contributed by atoms with Gasteiger partial charge in [0.15, 0.2) is 17.9 Å².